The number of nitrogens with one attached hydrogen (secondary N) is 1. The SMILES string of the molecule is CCOC(=O)N1CCN(c2ccnc3[nH]c(-c4cc(C)ns4)cc23)CC1. The fourth-order valence-corrected chi connectivity index (χ4v) is 3.98. The van der Waals surface area contributed by atoms with Crippen LogP contribution in [0, 0.1) is 6.92 Å². The molecule has 0 radical (unpaired) electrons. The number of piperazine rings is 1. The van der Waals surface area contributed by atoms with E-state index in [1.165, 1.54) is 11.5 Å². The zero-order valence-corrected chi connectivity index (χ0v) is 15.7. The lowest BCUT2D eigenvalue weighted by atomic mass is 10.2. The molecule has 0 spiro atoms. The van der Waals surface area contributed by atoms with Crippen molar-refractivity contribution in [2.24, 2.45) is 0 Å². The quantitative estimate of drug-likeness (QED) is 0.765. The summed E-state index contributed by atoms with van der Waals surface area (Å²) in [5.41, 5.74) is 4.07. The predicted molar refractivity (Wildman–Crippen MR) is 103 cm³/mol. The Morgan fingerprint density at radius 1 is 1.31 bits per heavy atom. The number of aryl methyl sites for hydroxylation is 1. The fraction of sp³-hybridized carbons (Fsp3) is 0.389. The summed E-state index contributed by atoms with van der Waals surface area (Å²) in [6.07, 6.45) is 1.60. The van der Waals surface area contributed by atoms with E-state index in [0.29, 0.717) is 19.7 Å². The molecule has 1 N–H and O–H groups in total. The highest BCUT2D eigenvalue weighted by Gasteiger charge is 2.23. The summed E-state index contributed by atoms with van der Waals surface area (Å²) in [6, 6.07) is 6.26. The average molecular weight is 371 g/mol. The van der Waals surface area contributed by atoms with Crippen LogP contribution in [0.3, 0.4) is 0 Å². The van der Waals surface area contributed by atoms with Crippen LogP contribution in [-0.2, 0) is 4.74 Å². The Morgan fingerprint density at radius 2 is 2.12 bits per heavy atom. The molecule has 3 aromatic rings. The van der Waals surface area contributed by atoms with E-state index in [9.17, 15) is 4.79 Å². The molecule has 0 atom stereocenters. The lowest BCUT2D eigenvalue weighted by Gasteiger charge is -2.35. The summed E-state index contributed by atoms with van der Waals surface area (Å²) in [5.74, 6) is 0. The number of nitrogens with zero attached hydrogens (tertiary/aromatic N) is 4. The maximum Gasteiger partial charge on any atom is 0.409 e. The Morgan fingerprint density at radius 3 is 2.81 bits per heavy atom. The molecule has 4 heterocycles. The van der Waals surface area contributed by atoms with Gasteiger partial charge in [-0.15, -0.1) is 0 Å². The van der Waals surface area contributed by atoms with E-state index in [1.807, 2.05) is 26.1 Å². The molecule has 1 aliphatic heterocycles. The molecule has 7 nitrogen and oxygen atoms in total. The number of hydrogen-bond donors (Lipinski definition) is 1. The minimum Gasteiger partial charge on any atom is -0.450 e. The van der Waals surface area contributed by atoms with E-state index >= 15 is 0 Å². The average Bonchev–Trinajstić information content (AvgIpc) is 3.27. The van der Waals surface area contributed by atoms with Crippen LogP contribution in [-0.4, -0.2) is 58.1 Å². The molecule has 26 heavy (non-hydrogen) atoms. The van der Waals surface area contributed by atoms with Crippen LogP contribution in [0.15, 0.2) is 24.4 Å². The maximum atomic E-state index is 11.9. The summed E-state index contributed by atoms with van der Waals surface area (Å²) < 4.78 is 9.45. The van der Waals surface area contributed by atoms with Gasteiger partial charge in [0.1, 0.15) is 5.65 Å². The van der Waals surface area contributed by atoms with E-state index in [1.54, 1.807) is 4.90 Å². The number of ether oxygens (including phenoxy) is 1. The molecule has 1 fully saturated rings. The number of hydrogen-bond acceptors (Lipinski definition) is 6. The molecule has 136 valence electrons. The number of amides is 1. The number of aromatic nitrogens is 3. The zero-order chi connectivity index (χ0) is 18.1. The number of aromatic amines is 1. The van der Waals surface area contributed by atoms with Crippen molar-refractivity contribution < 1.29 is 9.53 Å². The molecule has 3 aromatic heterocycles. The third-order valence-corrected chi connectivity index (χ3v) is 5.46. The highest BCUT2D eigenvalue weighted by Crippen LogP contribution is 2.32. The van der Waals surface area contributed by atoms with Crippen molar-refractivity contribution in [3.05, 3.63) is 30.1 Å². The molecule has 0 unspecified atom stereocenters. The van der Waals surface area contributed by atoms with Gasteiger partial charge in [0.2, 0.25) is 0 Å². The monoisotopic (exact) mass is 371 g/mol. The van der Waals surface area contributed by atoms with Crippen molar-refractivity contribution in [3.8, 4) is 10.6 Å². The highest BCUT2D eigenvalue weighted by atomic mass is 32.1. The third kappa shape index (κ3) is 3.12. The van der Waals surface area contributed by atoms with E-state index in [4.69, 9.17) is 4.74 Å². The van der Waals surface area contributed by atoms with Gasteiger partial charge in [-0.1, -0.05) is 0 Å². The van der Waals surface area contributed by atoms with Gasteiger partial charge >= 0.3 is 6.09 Å². The second-order valence-corrected chi connectivity index (χ2v) is 7.09. The van der Waals surface area contributed by atoms with Crippen molar-refractivity contribution in [3.63, 3.8) is 0 Å². The summed E-state index contributed by atoms with van der Waals surface area (Å²) in [5, 5.41) is 1.10. The standard InChI is InChI=1S/C18H21N5O2S/c1-3-25-18(24)23-8-6-22(7-9-23)15-4-5-19-17-13(15)11-14(20-17)16-10-12(2)21-26-16/h4-5,10-11H,3,6-9H2,1-2H3,(H,19,20). The second kappa shape index (κ2) is 6.95. The highest BCUT2D eigenvalue weighted by molar-refractivity contribution is 7.09. The number of anilines is 1. The first kappa shape index (κ1) is 16.8. The van der Waals surface area contributed by atoms with Gasteiger partial charge in [-0.2, -0.15) is 4.37 Å². The summed E-state index contributed by atoms with van der Waals surface area (Å²) in [4.78, 5) is 24.9. The fourth-order valence-electron chi connectivity index (χ4n) is 3.26. The topological polar surface area (TPSA) is 74.3 Å². The van der Waals surface area contributed by atoms with Crippen LogP contribution in [0.2, 0.25) is 0 Å². The lowest BCUT2D eigenvalue weighted by molar-refractivity contribution is 0.105. The van der Waals surface area contributed by atoms with Crippen LogP contribution >= 0.6 is 11.5 Å². The van der Waals surface area contributed by atoms with Crippen LogP contribution in [0.25, 0.3) is 21.6 Å². The van der Waals surface area contributed by atoms with Crippen molar-refractivity contribution >= 4 is 34.3 Å². The van der Waals surface area contributed by atoms with E-state index in [2.05, 4.69) is 31.4 Å². The summed E-state index contributed by atoms with van der Waals surface area (Å²) >= 11 is 1.49. The van der Waals surface area contributed by atoms with Crippen molar-refractivity contribution in [2.75, 3.05) is 37.7 Å². The van der Waals surface area contributed by atoms with Crippen LogP contribution in [0.4, 0.5) is 10.5 Å². The minimum atomic E-state index is -0.225. The third-order valence-electron chi connectivity index (χ3n) is 4.55. The van der Waals surface area contributed by atoms with Crippen LogP contribution in [0.1, 0.15) is 12.6 Å². The number of H-pyrrole nitrogens is 1. The normalized spacial score (nSPS) is 14.8. The summed E-state index contributed by atoms with van der Waals surface area (Å²) in [6.45, 7) is 7.11. The molecule has 1 aliphatic rings. The van der Waals surface area contributed by atoms with Gasteiger partial charge in [0.25, 0.3) is 0 Å². The van der Waals surface area contributed by atoms with Crippen molar-refractivity contribution in [2.45, 2.75) is 13.8 Å². The van der Waals surface area contributed by atoms with Crippen LogP contribution < -0.4 is 4.90 Å². The van der Waals surface area contributed by atoms with Gasteiger partial charge in [-0.05, 0) is 43.6 Å². The number of pyridine rings is 1. The van der Waals surface area contributed by atoms with Gasteiger partial charge in [0.15, 0.2) is 0 Å². The molecule has 4 rings (SSSR count). The van der Waals surface area contributed by atoms with Gasteiger partial charge in [-0.3, -0.25) is 0 Å². The van der Waals surface area contributed by atoms with Gasteiger partial charge in [0.05, 0.1) is 22.9 Å². The predicted octanol–water partition coefficient (Wildman–Crippen LogP) is 3.27. The van der Waals surface area contributed by atoms with Crippen molar-refractivity contribution in [1.82, 2.24) is 19.2 Å². The van der Waals surface area contributed by atoms with Gasteiger partial charge < -0.3 is 19.5 Å². The van der Waals surface area contributed by atoms with E-state index in [0.717, 1.165) is 46.1 Å². The molecule has 0 bridgehead atoms. The van der Waals surface area contributed by atoms with Gasteiger partial charge in [0, 0.05) is 43.4 Å². The number of rotatable bonds is 3. The first-order valence-corrected chi connectivity index (χ1v) is 9.51. The number of fused-ring (bicyclic) bond motifs is 1. The molecule has 8 heteroatoms. The smallest absolute Gasteiger partial charge is 0.409 e. The Balaban J connectivity index is 1.57. The van der Waals surface area contributed by atoms with Crippen LogP contribution in [0.5, 0.6) is 0 Å². The Hall–Kier alpha value is -2.61. The Kier molecular flexibility index (Phi) is 4.50. The molecule has 0 saturated carbocycles. The van der Waals surface area contributed by atoms with E-state index in [-0.39, 0.29) is 6.09 Å². The molecule has 1 saturated heterocycles. The molecular formula is C18H21N5O2S. The zero-order valence-electron chi connectivity index (χ0n) is 14.9. The Labute approximate surface area is 155 Å². The number of carbonyl (C=O) groups is 1. The number of carbonyl (C=O) groups excluding carboxylic acids is 1. The first-order valence-electron chi connectivity index (χ1n) is 8.73. The van der Waals surface area contributed by atoms with E-state index < -0.39 is 0 Å². The Bertz CT molecular complexity index is 927. The molecule has 1 amide bonds. The second-order valence-electron chi connectivity index (χ2n) is 6.28. The minimum absolute atomic E-state index is 0.225. The maximum absolute atomic E-state index is 11.9. The molecule has 0 aliphatic carbocycles. The summed E-state index contributed by atoms with van der Waals surface area (Å²) in [7, 11) is 0. The first-order chi connectivity index (χ1) is 12.7. The lowest BCUT2D eigenvalue weighted by Crippen LogP contribution is -2.49. The van der Waals surface area contributed by atoms with Gasteiger partial charge in [-0.25, -0.2) is 9.78 Å². The largest absolute Gasteiger partial charge is 0.450 e. The molecule has 0 aromatic carbocycles. The van der Waals surface area contributed by atoms with Crippen molar-refractivity contribution in [1.29, 1.82) is 0 Å². The molecular weight excluding hydrogens is 350 g/mol.